The fraction of sp³-hybridized carbons (Fsp3) is 0.950. The third-order valence-electron chi connectivity index (χ3n) is 4.97. The molecule has 1 saturated heterocycles. The van der Waals surface area contributed by atoms with E-state index in [-0.39, 0.29) is 0 Å². The van der Waals surface area contributed by atoms with E-state index in [4.69, 9.17) is 9.84 Å². The van der Waals surface area contributed by atoms with Gasteiger partial charge >= 0.3 is 5.97 Å². The van der Waals surface area contributed by atoms with Gasteiger partial charge < -0.3 is 9.84 Å². The lowest BCUT2D eigenvalue weighted by Crippen LogP contribution is -1.93. The van der Waals surface area contributed by atoms with Gasteiger partial charge in [0.2, 0.25) is 0 Å². The smallest absolute Gasteiger partial charge is 0.303 e. The number of rotatable bonds is 17. The summed E-state index contributed by atoms with van der Waals surface area (Å²) < 4.78 is 5.56. The number of hydrogen-bond donors (Lipinski definition) is 1. The SMILES string of the molecule is CC[C@H]1O[C@H]1CCCCCCCCCCCCCCCC(=O)O. The minimum atomic E-state index is -0.656. The fourth-order valence-corrected chi connectivity index (χ4v) is 3.36. The molecular weight excluding hydrogens is 288 g/mol. The molecule has 1 N–H and O–H groups in total. The third-order valence-corrected chi connectivity index (χ3v) is 4.97. The molecule has 1 aliphatic heterocycles. The quantitative estimate of drug-likeness (QED) is 0.259. The maximum atomic E-state index is 10.4. The van der Waals surface area contributed by atoms with Crippen LogP contribution in [0.2, 0.25) is 0 Å². The first-order chi connectivity index (χ1) is 11.2. The summed E-state index contributed by atoms with van der Waals surface area (Å²) >= 11 is 0. The molecule has 3 nitrogen and oxygen atoms in total. The minimum Gasteiger partial charge on any atom is -0.481 e. The van der Waals surface area contributed by atoms with Crippen molar-refractivity contribution in [2.24, 2.45) is 0 Å². The Morgan fingerprint density at radius 2 is 1.17 bits per heavy atom. The van der Waals surface area contributed by atoms with Crippen LogP contribution in [0, 0.1) is 0 Å². The zero-order chi connectivity index (χ0) is 16.8. The van der Waals surface area contributed by atoms with E-state index in [2.05, 4.69) is 6.92 Å². The van der Waals surface area contributed by atoms with Crippen LogP contribution in [0.3, 0.4) is 0 Å². The molecule has 0 spiro atoms. The van der Waals surface area contributed by atoms with Crippen LogP contribution in [0.5, 0.6) is 0 Å². The molecule has 0 aliphatic carbocycles. The summed E-state index contributed by atoms with van der Waals surface area (Å²) in [5, 5.41) is 8.55. The zero-order valence-electron chi connectivity index (χ0n) is 15.2. The Morgan fingerprint density at radius 3 is 1.57 bits per heavy atom. The minimum absolute atomic E-state index is 0.340. The molecule has 1 heterocycles. The van der Waals surface area contributed by atoms with Gasteiger partial charge in [-0.15, -0.1) is 0 Å². The second-order valence-corrected chi connectivity index (χ2v) is 7.15. The van der Waals surface area contributed by atoms with Gasteiger partial charge in [0.25, 0.3) is 0 Å². The number of aliphatic carboxylic acids is 1. The van der Waals surface area contributed by atoms with Crippen molar-refractivity contribution >= 4 is 5.97 Å². The molecular formula is C20H38O3. The van der Waals surface area contributed by atoms with Gasteiger partial charge in [0.15, 0.2) is 0 Å². The molecule has 0 aromatic heterocycles. The van der Waals surface area contributed by atoms with Crippen molar-refractivity contribution in [3.8, 4) is 0 Å². The monoisotopic (exact) mass is 326 g/mol. The van der Waals surface area contributed by atoms with E-state index >= 15 is 0 Å². The highest BCUT2D eigenvalue weighted by atomic mass is 16.6. The third kappa shape index (κ3) is 12.5. The Bertz CT molecular complexity index is 291. The van der Waals surface area contributed by atoms with Crippen LogP contribution < -0.4 is 0 Å². The Morgan fingerprint density at radius 1 is 0.739 bits per heavy atom. The molecule has 0 unspecified atom stereocenters. The van der Waals surface area contributed by atoms with E-state index < -0.39 is 5.97 Å². The van der Waals surface area contributed by atoms with Crippen molar-refractivity contribution < 1.29 is 14.6 Å². The number of hydrogen-bond acceptors (Lipinski definition) is 2. The Labute approximate surface area is 143 Å². The molecule has 0 aromatic rings. The van der Waals surface area contributed by atoms with Crippen molar-refractivity contribution in [3.05, 3.63) is 0 Å². The van der Waals surface area contributed by atoms with E-state index in [1.54, 1.807) is 0 Å². The summed E-state index contributed by atoms with van der Waals surface area (Å²) in [6, 6.07) is 0. The highest BCUT2D eigenvalue weighted by Gasteiger charge is 2.35. The van der Waals surface area contributed by atoms with Crippen molar-refractivity contribution in [3.63, 3.8) is 0 Å². The molecule has 23 heavy (non-hydrogen) atoms. The van der Waals surface area contributed by atoms with Crippen molar-refractivity contribution in [2.75, 3.05) is 0 Å². The zero-order valence-corrected chi connectivity index (χ0v) is 15.2. The largest absolute Gasteiger partial charge is 0.481 e. The van der Waals surface area contributed by atoms with Crippen LogP contribution in [-0.2, 0) is 9.53 Å². The number of ether oxygens (including phenoxy) is 1. The predicted molar refractivity (Wildman–Crippen MR) is 95.8 cm³/mol. The van der Waals surface area contributed by atoms with Crippen molar-refractivity contribution in [1.82, 2.24) is 0 Å². The molecule has 136 valence electrons. The van der Waals surface area contributed by atoms with E-state index in [0.717, 1.165) is 12.8 Å². The van der Waals surface area contributed by atoms with Crippen LogP contribution in [-0.4, -0.2) is 23.3 Å². The lowest BCUT2D eigenvalue weighted by Gasteiger charge is -2.03. The van der Waals surface area contributed by atoms with Crippen LogP contribution in [0.1, 0.15) is 110 Å². The molecule has 0 aromatic carbocycles. The normalized spacial score (nSPS) is 19.9. The van der Waals surface area contributed by atoms with Gasteiger partial charge in [-0.1, -0.05) is 84.0 Å². The van der Waals surface area contributed by atoms with Crippen LogP contribution in [0.25, 0.3) is 0 Å². The second kappa shape index (κ2) is 13.8. The first-order valence-corrected chi connectivity index (χ1v) is 10.1. The Hall–Kier alpha value is -0.570. The number of carbonyl (C=O) groups is 1. The standard InChI is InChI=1S/C20H38O3/c1-2-18-19(23-18)16-14-12-10-8-6-4-3-5-7-9-11-13-15-17-20(21)22/h18-19H,2-17H2,1H3,(H,21,22)/t18-,19+/m1/s1. The molecule has 0 amide bonds. The summed E-state index contributed by atoms with van der Waals surface area (Å²) in [5.41, 5.74) is 0. The first kappa shape index (κ1) is 20.5. The molecule has 3 heteroatoms. The maximum absolute atomic E-state index is 10.4. The lowest BCUT2D eigenvalue weighted by atomic mass is 10.0. The van der Waals surface area contributed by atoms with E-state index in [9.17, 15) is 4.79 Å². The van der Waals surface area contributed by atoms with Gasteiger partial charge in [-0.3, -0.25) is 4.79 Å². The second-order valence-electron chi connectivity index (χ2n) is 7.15. The molecule has 0 radical (unpaired) electrons. The number of unbranched alkanes of at least 4 members (excludes halogenated alkanes) is 12. The van der Waals surface area contributed by atoms with Gasteiger partial charge in [-0.2, -0.15) is 0 Å². The van der Waals surface area contributed by atoms with Crippen LogP contribution in [0.15, 0.2) is 0 Å². The van der Waals surface area contributed by atoms with Gasteiger partial charge in [-0.25, -0.2) is 0 Å². The highest BCUT2D eigenvalue weighted by Crippen LogP contribution is 2.29. The average Bonchev–Trinajstić information content (AvgIpc) is 3.29. The van der Waals surface area contributed by atoms with E-state index in [0.29, 0.717) is 18.6 Å². The van der Waals surface area contributed by atoms with Crippen LogP contribution >= 0.6 is 0 Å². The summed E-state index contributed by atoms with van der Waals surface area (Å²) in [5.74, 6) is -0.656. The summed E-state index contributed by atoms with van der Waals surface area (Å²) in [4.78, 5) is 10.4. The predicted octanol–water partition coefficient (Wildman–Crippen LogP) is 6.10. The molecule has 1 fully saturated rings. The molecule has 2 atom stereocenters. The van der Waals surface area contributed by atoms with E-state index in [1.165, 1.54) is 83.5 Å². The Kier molecular flexibility index (Phi) is 12.3. The molecule has 1 rings (SSSR count). The maximum Gasteiger partial charge on any atom is 0.303 e. The summed E-state index contributed by atoms with van der Waals surface area (Å²) in [6.45, 7) is 2.21. The highest BCUT2D eigenvalue weighted by molar-refractivity contribution is 5.66. The summed E-state index contributed by atoms with van der Waals surface area (Å²) in [6.07, 6.45) is 20.8. The number of carboxylic acids is 1. The Balaban J connectivity index is 1.65. The van der Waals surface area contributed by atoms with Gasteiger partial charge in [-0.05, 0) is 19.3 Å². The summed E-state index contributed by atoms with van der Waals surface area (Å²) in [7, 11) is 0. The molecule has 0 bridgehead atoms. The number of carboxylic acid groups (broad SMARTS) is 1. The fourth-order valence-electron chi connectivity index (χ4n) is 3.36. The molecule has 0 saturated carbocycles. The lowest BCUT2D eigenvalue weighted by molar-refractivity contribution is -0.137. The van der Waals surface area contributed by atoms with Crippen LogP contribution in [0.4, 0.5) is 0 Å². The van der Waals surface area contributed by atoms with Gasteiger partial charge in [0.1, 0.15) is 0 Å². The average molecular weight is 327 g/mol. The number of epoxide rings is 1. The van der Waals surface area contributed by atoms with E-state index in [1.807, 2.05) is 0 Å². The topological polar surface area (TPSA) is 49.8 Å². The van der Waals surface area contributed by atoms with Gasteiger partial charge in [0, 0.05) is 6.42 Å². The molecule has 1 aliphatic rings. The first-order valence-electron chi connectivity index (χ1n) is 10.1. The van der Waals surface area contributed by atoms with Crippen molar-refractivity contribution in [2.45, 2.75) is 122 Å². The van der Waals surface area contributed by atoms with Crippen molar-refractivity contribution in [1.29, 1.82) is 0 Å². The van der Waals surface area contributed by atoms with Gasteiger partial charge in [0.05, 0.1) is 12.2 Å².